The highest BCUT2D eigenvalue weighted by Gasteiger charge is 2.10. The summed E-state index contributed by atoms with van der Waals surface area (Å²) in [6.07, 6.45) is 1.79. The minimum atomic E-state index is -0.174. The van der Waals surface area contributed by atoms with Crippen LogP contribution in [0.15, 0.2) is 66.9 Å². The van der Waals surface area contributed by atoms with Crippen LogP contribution in [0.4, 0.5) is 0 Å². The molecule has 2 aromatic carbocycles. The molecule has 0 saturated carbocycles. The third kappa shape index (κ3) is 4.55. The average Bonchev–Trinajstić information content (AvgIpc) is 3.11. The Bertz CT molecular complexity index is 822. The summed E-state index contributed by atoms with van der Waals surface area (Å²) in [7, 11) is 4.09. The fraction of sp³-hybridized carbons (Fsp3) is 0.200. The van der Waals surface area contributed by atoms with Crippen LogP contribution in [0.25, 0.3) is 5.69 Å². The second-order valence-corrected chi connectivity index (χ2v) is 6.22. The van der Waals surface area contributed by atoms with E-state index in [0.717, 1.165) is 17.8 Å². The summed E-state index contributed by atoms with van der Waals surface area (Å²) in [6.45, 7) is 1.39. The number of rotatable bonds is 6. The van der Waals surface area contributed by atoms with Gasteiger partial charge in [0.15, 0.2) is 5.69 Å². The average molecular weight is 334 g/mol. The monoisotopic (exact) mass is 334 g/mol. The molecule has 0 spiro atoms. The van der Waals surface area contributed by atoms with Crippen molar-refractivity contribution in [2.24, 2.45) is 0 Å². The highest BCUT2D eigenvalue weighted by molar-refractivity contribution is 5.92. The highest BCUT2D eigenvalue weighted by atomic mass is 16.1. The quantitative estimate of drug-likeness (QED) is 0.754. The molecule has 1 N–H and O–H groups in total. The van der Waals surface area contributed by atoms with E-state index in [1.54, 1.807) is 16.9 Å². The minimum Gasteiger partial charge on any atom is -0.347 e. The maximum absolute atomic E-state index is 12.3. The van der Waals surface area contributed by atoms with E-state index in [1.807, 2.05) is 56.6 Å². The Morgan fingerprint density at radius 2 is 1.68 bits per heavy atom. The first-order chi connectivity index (χ1) is 12.1. The van der Waals surface area contributed by atoms with Gasteiger partial charge in [0, 0.05) is 19.3 Å². The number of nitrogens with zero attached hydrogens (tertiary/aromatic N) is 3. The Morgan fingerprint density at radius 3 is 2.36 bits per heavy atom. The van der Waals surface area contributed by atoms with E-state index in [4.69, 9.17) is 0 Å². The smallest absolute Gasteiger partial charge is 0.272 e. The lowest BCUT2D eigenvalue weighted by atomic mass is 10.1. The van der Waals surface area contributed by atoms with E-state index in [2.05, 4.69) is 27.4 Å². The van der Waals surface area contributed by atoms with Crippen molar-refractivity contribution in [2.45, 2.75) is 13.1 Å². The van der Waals surface area contributed by atoms with E-state index in [9.17, 15) is 4.79 Å². The van der Waals surface area contributed by atoms with Gasteiger partial charge in [-0.3, -0.25) is 4.79 Å². The molecule has 1 heterocycles. The third-order valence-electron chi connectivity index (χ3n) is 3.82. The Morgan fingerprint density at radius 1 is 1.00 bits per heavy atom. The predicted octanol–water partition coefficient (Wildman–Crippen LogP) is 2.86. The van der Waals surface area contributed by atoms with Crippen LogP contribution < -0.4 is 5.32 Å². The summed E-state index contributed by atoms with van der Waals surface area (Å²) in [5.41, 5.74) is 3.66. The zero-order valence-electron chi connectivity index (χ0n) is 14.5. The van der Waals surface area contributed by atoms with Crippen molar-refractivity contribution in [3.63, 3.8) is 0 Å². The number of hydrogen-bond acceptors (Lipinski definition) is 3. The van der Waals surface area contributed by atoms with Gasteiger partial charge in [0.25, 0.3) is 5.91 Å². The van der Waals surface area contributed by atoms with Gasteiger partial charge in [0.2, 0.25) is 0 Å². The summed E-state index contributed by atoms with van der Waals surface area (Å²) in [5, 5.41) is 7.25. The number of aromatic nitrogens is 2. The number of amides is 1. The molecule has 25 heavy (non-hydrogen) atoms. The fourth-order valence-corrected chi connectivity index (χ4v) is 2.57. The number of carbonyl (C=O) groups excluding carboxylic acids is 1. The van der Waals surface area contributed by atoms with Crippen LogP contribution in [0.3, 0.4) is 0 Å². The molecule has 0 aliphatic rings. The number of para-hydroxylation sites is 1. The van der Waals surface area contributed by atoms with Crippen molar-refractivity contribution in [1.82, 2.24) is 20.0 Å². The Balaban J connectivity index is 1.59. The Hall–Kier alpha value is -2.92. The lowest BCUT2D eigenvalue weighted by Gasteiger charge is -2.10. The Kier molecular flexibility index (Phi) is 5.26. The molecule has 0 aliphatic heterocycles. The van der Waals surface area contributed by atoms with Crippen molar-refractivity contribution in [3.8, 4) is 5.69 Å². The van der Waals surface area contributed by atoms with E-state index in [0.29, 0.717) is 12.2 Å². The standard InChI is InChI=1S/C20H22N4O/c1-23(2)15-17-10-8-16(9-11-17)14-21-20(25)19-12-13-24(22-19)18-6-4-3-5-7-18/h3-13H,14-15H2,1-2H3,(H,21,25). The van der Waals surface area contributed by atoms with E-state index >= 15 is 0 Å². The highest BCUT2D eigenvalue weighted by Crippen LogP contribution is 2.08. The lowest BCUT2D eigenvalue weighted by molar-refractivity contribution is 0.0945. The molecule has 128 valence electrons. The van der Waals surface area contributed by atoms with Crippen LogP contribution in [0, 0.1) is 0 Å². The molecule has 0 bridgehead atoms. The maximum Gasteiger partial charge on any atom is 0.272 e. The second kappa shape index (κ2) is 7.77. The summed E-state index contributed by atoms with van der Waals surface area (Å²) in [6, 6.07) is 19.7. The maximum atomic E-state index is 12.3. The molecular weight excluding hydrogens is 312 g/mol. The van der Waals surface area contributed by atoms with Gasteiger partial charge in [0.05, 0.1) is 5.69 Å². The van der Waals surface area contributed by atoms with Gasteiger partial charge in [-0.1, -0.05) is 42.5 Å². The topological polar surface area (TPSA) is 50.2 Å². The molecule has 0 unspecified atom stereocenters. The van der Waals surface area contributed by atoms with Gasteiger partial charge in [-0.15, -0.1) is 0 Å². The van der Waals surface area contributed by atoms with Crippen molar-refractivity contribution in [2.75, 3.05) is 14.1 Å². The largest absolute Gasteiger partial charge is 0.347 e. The van der Waals surface area contributed by atoms with E-state index in [1.165, 1.54) is 5.56 Å². The van der Waals surface area contributed by atoms with Crippen LogP contribution >= 0.6 is 0 Å². The number of benzene rings is 2. The molecular formula is C20H22N4O. The van der Waals surface area contributed by atoms with Crippen LogP contribution in [0.5, 0.6) is 0 Å². The molecule has 1 aromatic heterocycles. The summed E-state index contributed by atoms with van der Waals surface area (Å²) in [4.78, 5) is 14.4. The van der Waals surface area contributed by atoms with E-state index < -0.39 is 0 Å². The van der Waals surface area contributed by atoms with Gasteiger partial charge in [-0.25, -0.2) is 4.68 Å². The fourth-order valence-electron chi connectivity index (χ4n) is 2.57. The van der Waals surface area contributed by atoms with Crippen molar-refractivity contribution < 1.29 is 4.79 Å². The van der Waals surface area contributed by atoms with Crippen LogP contribution in [0.1, 0.15) is 21.6 Å². The van der Waals surface area contributed by atoms with Crippen molar-refractivity contribution >= 4 is 5.91 Å². The van der Waals surface area contributed by atoms with Crippen molar-refractivity contribution in [3.05, 3.63) is 83.7 Å². The van der Waals surface area contributed by atoms with Gasteiger partial charge in [-0.2, -0.15) is 5.10 Å². The molecule has 3 rings (SSSR count). The normalized spacial score (nSPS) is 10.8. The number of hydrogen-bond donors (Lipinski definition) is 1. The third-order valence-corrected chi connectivity index (χ3v) is 3.82. The lowest BCUT2D eigenvalue weighted by Crippen LogP contribution is -2.23. The first-order valence-electron chi connectivity index (χ1n) is 8.23. The van der Waals surface area contributed by atoms with Gasteiger partial charge < -0.3 is 10.2 Å². The summed E-state index contributed by atoms with van der Waals surface area (Å²) in [5.74, 6) is -0.174. The Labute approximate surface area is 147 Å². The van der Waals surface area contributed by atoms with Crippen LogP contribution in [-0.4, -0.2) is 34.7 Å². The summed E-state index contributed by atoms with van der Waals surface area (Å²) >= 11 is 0. The van der Waals surface area contributed by atoms with Crippen molar-refractivity contribution in [1.29, 1.82) is 0 Å². The minimum absolute atomic E-state index is 0.174. The zero-order chi connectivity index (χ0) is 17.6. The van der Waals surface area contributed by atoms with Gasteiger partial charge in [0.1, 0.15) is 0 Å². The molecule has 0 aliphatic carbocycles. The molecule has 5 nitrogen and oxygen atoms in total. The SMILES string of the molecule is CN(C)Cc1ccc(CNC(=O)c2ccn(-c3ccccc3)n2)cc1. The first-order valence-corrected chi connectivity index (χ1v) is 8.23. The van der Waals surface area contributed by atoms with Crippen LogP contribution in [0.2, 0.25) is 0 Å². The second-order valence-electron chi connectivity index (χ2n) is 6.22. The number of carbonyl (C=O) groups is 1. The van der Waals surface area contributed by atoms with E-state index in [-0.39, 0.29) is 5.91 Å². The van der Waals surface area contributed by atoms with Gasteiger partial charge >= 0.3 is 0 Å². The zero-order valence-corrected chi connectivity index (χ0v) is 14.5. The van der Waals surface area contributed by atoms with Gasteiger partial charge in [-0.05, 0) is 43.4 Å². The molecule has 0 atom stereocenters. The molecule has 5 heteroatoms. The molecule has 3 aromatic rings. The molecule has 0 saturated heterocycles. The first kappa shape index (κ1) is 16.9. The molecule has 0 radical (unpaired) electrons. The summed E-state index contributed by atoms with van der Waals surface area (Å²) < 4.78 is 1.70. The molecule has 1 amide bonds. The number of nitrogens with one attached hydrogen (secondary N) is 1. The molecule has 0 fully saturated rings. The predicted molar refractivity (Wildman–Crippen MR) is 98.6 cm³/mol. The van der Waals surface area contributed by atoms with Crippen LogP contribution in [-0.2, 0) is 13.1 Å².